The first-order valence-corrected chi connectivity index (χ1v) is 6.13. The van der Waals surface area contributed by atoms with Crippen LogP contribution in [0.1, 0.15) is 23.2 Å². The van der Waals surface area contributed by atoms with Crippen molar-refractivity contribution in [3.8, 4) is 0 Å². The summed E-state index contributed by atoms with van der Waals surface area (Å²) in [5.41, 5.74) is 1.97. The van der Waals surface area contributed by atoms with Crippen molar-refractivity contribution >= 4 is 17.3 Å². The van der Waals surface area contributed by atoms with Crippen LogP contribution in [0.5, 0.6) is 0 Å². The molecule has 0 unspecified atom stereocenters. The van der Waals surface area contributed by atoms with Crippen LogP contribution in [0.15, 0.2) is 18.2 Å². The number of hydrogen-bond donors (Lipinski definition) is 3. The van der Waals surface area contributed by atoms with Gasteiger partial charge in [-0.25, -0.2) is 0 Å². The van der Waals surface area contributed by atoms with Crippen LogP contribution in [-0.4, -0.2) is 31.1 Å². The van der Waals surface area contributed by atoms with Gasteiger partial charge in [-0.05, 0) is 25.0 Å². The molecule has 0 radical (unpaired) electrons. The number of nitrogens with zero attached hydrogens (tertiary/aromatic N) is 1. The van der Waals surface area contributed by atoms with Crippen LogP contribution in [0, 0.1) is 10.1 Å². The molecule has 4 N–H and O–H groups in total. The maximum Gasteiger partial charge on any atom is 0.306 e. The Morgan fingerprint density at radius 2 is 2.20 bits per heavy atom. The van der Waals surface area contributed by atoms with Crippen LogP contribution < -0.4 is 16.6 Å². The number of hydrazine groups is 1. The molecule has 1 aromatic carbocycles. The zero-order valence-corrected chi connectivity index (χ0v) is 11.2. The van der Waals surface area contributed by atoms with Gasteiger partial charge in [0.05, 0.1) is 4.92 Å². The van der Waals surface area contributed by atoms with Gasteiger partial charge < -0.3 is 15.5 Å². The number of ether oxygens (including phenoxy) is 1. The van der Waals surface area contributed by atoms with Crippen LogP contribution in [0.4, 0.5) is 11.4 Å². The lowest BCUT2D eigenvalue weighted by atomic mass is 10.1. The van der Waals surface area contributed by atoms with Crippen LogP contribution in [0.2, 0.25) is 0 Å². The van der Waals surface area contributed by atoms with Crippen LogP contribution in [0.25, 0.3) is 0 Å². The minimum Gasteiger partial charge on any atom is -0.385 e. The smallest absolute Gasteiger partial charge is 0.306 e. The second kappa shape index (κ2) is 8.08. The fraction of sp³-hybridized carbons (Fsp3) is 0.417. The molecular weight excluding hydrogens is 264 g/mol. The lowest BCUT2D eigenvalue weighted by molar-refractivity contribution is -0.384. The van der Waals surface area contributed by atoms with Crippen LogP contribution in [-0.2, 0) is 4.74 Å². The number of methoxy groups -OCH3 is 1. The number of para-hydroxylation sites is 1. The highest BCUT2D eigenvalue weighted by Crippen LogP contribution is 2.27. The third kappa shape index (κ3) is 4.18. The molecule has 0 aromatic heterocycles. The minimum absolute atomic E-state index is 0.0165. The molecule has 0 aliphatic heterocycles. The number of nitrogen functional groups attached to an aromatic ring is 1. The fourth-order valence-electron chi connectivity index (χ4n) is 1.71. The number of carbonyl (C=O) groups excluding carboxylic acids is 1. The number of benzene rings is 1. The second-order valence-corrected chi connectivity index (χ2v) is 4.06. The first-order chi connectivity index (χ1) is 9.61. The maximum absolute atomic E-state index is 12.0. The molecule has 1 rings (SSSR count). The van der Waals surface area contributed by atoms with Crippen molar-refractivity contribution in [2.45, 2.75) is 12.8 Å². The monoisotopic (exact) mass is 282 g/mol. The minimum atomic E-state index is -0.630. The summed E-state index contributed by atoms with van der Waals surface area (Å²) in [6.45, 7) is 1.04. The molecule has 20 heavy (non-hydrogen) atoms. The lowest BCUT2D eigenvalue weighted by Crippen LogP contribution is -2.26. The third-order valence-electron chi connectivity index (χ3n) is 2.68. The number of hydrogen-bond acceptors (Lipinski definition) is 6. The van der Waals surface area contributed by atoms with Gasteiger partial charge in [0.2, 0.25) is 0 Å². The molecule has 0 saturated carbocycles. The highest BCUT2D eigenvalue weighted by atomic mass is 16.6. The number of anilines is 1. The van der Waals surface area contributed by atoms with Gasteiger partial charge in [-0.2, -0.15) is 0 Å². The molecule has 0 bridgehead atoms. The molecule has 1 aromatic rings. The van der Waals surface area contributed by atoms with Gasteiger partial charge in [-0.1, -0.05) is 6.07 Å². The molecule has 8 nitrogen and oxygen atoms in total. The van der Waals surface area contributed by atoms with E-state index in [1.54, 1.807) is 7.11 Å². The van der Waals surface area contributed by atoms with Crippen LogP contribution >= 0.6 is 0 Å². The van der Waals surface area contributed by atoms with E-state index in [9.17, 15) is 14.9 Å². The van der Waals surface area contributed by atoms with Gasteiger partial charge in [-0.3, -0.25) is 20.8 Å². The Balaban J connectivity index is 2.75. The summed E-state index contributed by atoms with van der Waals surface area (Å²) < 4.78 is 4.89. The molecule has 0 heterocycles. The fourth-order valence-corrected chi connectivity index (χ4v) is 1.71. The summed E-state index contributed by atoms with van der Waals surface area (Å²) in [4.78, 5) is 22.4. The summed E-state index contributed by atoms with van der Waals surface area (Å²) in [5.74, 6) is 4.72. The SMILES string of the molecule is COCCCCNC(=O)c1cccc(NN)c1[N+](=O)[O-]. The zero-order chi connectivity index (χ0) is 15.0. The van der Waals surface area contributed by atoms with Crippen molar-refractivity contribution in [2.24, 2.45) is 5.84 Å². The number of nitro benzene ring substituents is 1. The quantitative estimate of drug-likeness (QED) is 0.283. The first kappa shape index (κ1) is 15.9. The maximum atomic E-state index is 12.0. The van der Waals surface area contributed by atoms with Crippen molar-refractivity contribution in [1.29, 1.82) is 0 Å². The van der Waals surface area contributed by atoms with E-state index in [-0.39, 0.29) is 16.9 Å². The Hall–Kier alpha value is -2.19. The molecular formula is C12H18N4O4. The van der Waals surface area contributed by atoms with Gasteiger partial charge in [0, 0.05) is 20.3 Å². The Bertz CT molecular complexity index is 479. The number of rotatable bonds is 8. The average molecular weight is 282 g/mol. The zero-order valence-electron chi connectivity index (χ0n) is 11.2. The largest absolute Gasteiger partial charge is 0.385 e. The molecule has 1 amide bonds. The predicted octanol–water partition coefficient (Wildman–Crippen LogP) is 1.04. The second-order valence-electron chi connectivity index (χ2n) is 4.06. The van der Waals surface area contributed by atoms with Gasteiger partial charge in [0.15, 0.2) is 0 Å². The van der Waals surface area contributed by atoms with Gasteiger partial charge in [0.25, 0.3) is 5.91 Å². The first-order valence-electron chi connectivity index (χ1n) is 6.13. The molecule has 0 fully saturated rings. The summed E-state index contributed by atoms with van der Waals surface area (Å²) in [7, 11) is 1.60. The molecule has 0 aliphatic rings. The standard InChI is InChI=1S/C12H18N4O4/c1-20-8-3-2-7-14-12(17)9-5-4-6-10(15-13)11(9)16(18)19/h4-6,15H,2-3,7-8,13H2,1H3,(H,14,17). The Morgan fingerprint density at radius 3 is 2.80 bits per heavy atom. The number of nitro groups is 1. The summed E-state index contributed by atoms with van der Waals surface area (Å²) in [6.07, 6.45) is 1.55. The average Bonchev–Trinajstić information content (AvgIpc) is 2.45. The Morgan fingerprint density at radius 1 is 1.45 bits per heavy atom. The highest BCUT2D eigenvalue weighted by Gasteiger charge is 2.23. The van der Waals surface area contributed by atoms with Crippen molar-refractivity contribution < 1.29 is 14.5 Å². The van der Waals surface area contributed by atoms with E-state index in [2.05, 4.69) is 10.7 Å². The lowest BCUT2D eigenvalue weighted by Gasteiger charge is -2.08. The van der Waals surface area contributed by atoms with Crippen molar-refractivity contribution in [1.82, 2.24) is 5.32 Å². The van der Waals surface area contributed by atoms with Gasteiger partial charge in [-0.15, -0.1) is 0 Å². The third-order valence-corrected chi connectivity index (χ3v) is 2.68. The van der Waals surface area contributed by atoms with E-state index >= 15 is 0 Å². The number of carbonyl (C=O) groups is 1. The number of nitrogens with one attached hydrogen (secondary N) is 2. The Kier molecular flexibility index (Phi) is 6.41. The molecule has 0 aliphatic carbocycles. The van der Waals surface area contributed by atoms with Gasteiger partial charge in [0.1, 0.15) is 11.3 Å². The molecule has 0 atom stereocenters. The number of unbranched alkanes of at least 4 members (excludes halogenated alkanes) is 1. The summed E-state index contributed by atoms with van der Waals surface area (Å²) in [5, 5.41) is 13.7. The topological polar surface area (TPSA) is 120 Å². The van der Waals surface area contributed by atoms with E-state index in [0.29, 0.717) is 13.2 Å². The van der Waals surface area contributed by atoms with E-state index < -0.39 is 10.8 Å². The molecule has 0 spiro atoms. The van der Waals surface area contributed by atoms with E-state index in [1.165, 1.54) is 18.2 Å². The summed E-state index contributed by atoms with van der Waals surface area (Å²) >= 11 is 0. The van der Waals surface area contributed by atoms with Crippen LogP contribution in [0.3, 0.4) is 0 Å². The Labute approximate surface area is 116 Å². The van der Waals surface area contributed by atoms with Gasteiger partial charge >= 0.3 is 5.69 Å². The van der Waals surface area contributed by atoms with E-state index in [1.807, 2.05) is 0 Å². The summed E-state index contributed by atoms with van der Waals surface area (Å²) in [6, 6.07) is 4.36. The molecule has 0 saturated heterocycles. The van der Waals surface area contributed by atoms with Crippen molar-refractivity contribution in [3.63, 3.8) is 0 Å². The number of nitrogens with two attached hydrogens (primary N) is 1. The number of amides is 1. The molecule has 8 heteroatoms. The van der Waals surface area contributed by atoms with Crippen molar-refractivity contribution in [2.75, 3.05) is 25.7 Å². The normalized spacial score (nSPS) is 10.1. The van der Waals surface area contributed by atoms with Crippen molar-refractivity contribution in [3.05, 3.63) is 33.9 Å². The predicted molar refractivity (Wildman–Crippen MR) is 74.3 cm³/mol. The molecule has 110 valence electrons. The van der Waals surface area contributed by atoms with E-state index in [0.717, 1.165) is 12.8 Å². The highest BCUT2D eigenvalue weighted by molar-refractivity contribution is 6.00. The van der Waals surface area contributed by atoms with E-state index in [4.69, 9.17) is 10.6 Å².